The van der Waals surface area contributed by atoms with E-state index in [-0.39, 0.29) is 0 Å². The standard InChI is InChI=1S/C8H14N2O3/c1-9-4-3-8(5-9,7(12)13)10(2)6-11/h6H,3-5H2,1-2H3,(H,12,13). The third-order valence-electron chi connectivity index (χ3n) is 2.67. The Kier molecular flexibility index (Phi) is 2.56. The molecule has 0 bridgehead atoms. The molecule has 0 aromatic carbocycles. The van der Waals surface area contributed by atoms with Gasteiger partial charge >= 0.3 is 5.97 Å². The van der Waals surface area contributed by atoms with E-state index >= 15 is 0 Å². The van der Waals surface area contributed by atoms with E-state index in [0.717, 1.165) is 0 Å². The zero-order valence-corrected chi connectivity index (χ0v) is 7.86. The molecule has 0 radical (unpaired) electrons. The first-order valence-corrected chi connectivity index (χ1v) is 4.13. The Morgan fingerprint density at radius 1 is 1.69 bits per heavy atom. The summed E-state index contributed by atoms with van der Waals surface area (Å²) in [5.74, 6) is -0.925. The molecule has 1 N–H and O–H groups in total. The number of nitrogens with zero attached hydrogens (tertiary/aromatic N) is 2. The van der Waals surface area contributed by atoms with Crippen LogP contribution in [0.5, 0.6) is 0 Å². The molecule has 0 aliphatic carbocycles. The highest BCUT2D eigenvalue weighted by Gasteiger charge is 2.46. The summed E-state index contributed by atoms with van der Waals surface area (Å²) in [6.07, 6.45) is 1.07. The molecule has 1 fully saturated rings. The number of carboxylic acids is 1. The average Bonchev–Trinajstić information content (AvgIpc) is 2.47. The molecule has 1 unspecified atom stereocenters. The summed E-state index contributed by atoms with van der Waals surface area (Å²) in [4.78, 5) is 24.8. The first-order valence-electron chi connectivity index (χ1n) is 4.13. The maximum Gasteiger partial charge on any atom is 0.331 e. The maximum absolute atomic E-state index is 11.0. The second-order valence-corrected chi connectivity index (χ2v) is 3.54. The van der Waals surface area contributed by atoms with Crippen molar-refractivity contribution >= 4 is 12.4 Å². The molecule has 0 spiro atoms. The van der Waals surface area contributed by atoms with Crippen LogP contribution in [-0.4, -0.2) is 60.0 Å². The van der Waals surface area contributed by atoms with Crippen LogP contribution >= 0.6 is 0 Å². The number of likely N-dealkylation sites (tertiary alicyclic amines) is 1. The second kappa shape index (κ2) is 3.33. The number of rotatable bonds is 3. The minimum Gasteiger partial charge on any atom is -0.479 e. The van der Waals surface area contributed by atoms with E-state index in [0.29, 0.717) is 25.9 Å². The fourth-order valence-electron chi connectivity index (χ4n) is 1.69. The van der Waals surface area contributed by atoms with Crippen molar-refractivity contribution < 1.29 is 14.7 Å². The van der Waals surface area contributed by atoms with Crippen LogP contribution in [0, 0.1) is 0 Å². The highest BCUT2D eigenvalue weighted by molar-refractivity contribution is 5.82. The van der Waals surface area contributed by atoms with Gasteiger partial charge in [0.15, 0.2) is 5.54 Å². The van der Waals surface area contributed by atoms with Gasteiger partial charge in [-0.15, -0.1) is 0 Å². The number of hydrogen-bond acceptors (Lipinski definition) is 3. The van der Waals surface area contributed by atoms with Crippen LogP contribution in [0.15, 0.2) is 0 Å². The van der Waals surface area contributed by atoms with E-state index in [4.69, 9.17) is 5.11 Å². The first-order chi connectivity index (χ1) is 6.03. The van der Waals surface area contributed by atoms with Gasteiger partial charge in [-0.25, -0.2) is 4.79 Å². The minimum absolute atomic E-state index is 0.400. The number of aliphatic carboxylic acids is 1. The lowest BCUT2D eigenvalue weighted by atomic mass is 9.97. The first kappa shape index (κ1) is 9.98. The Morgan fingerprint density at radius 3 is 2.62 bits per heavy atom. The molecule has 1 aliphatic heterocycles. The zero-order valence-electron chi connectivity index (χ0n) is 7.86. The van der Waals surface area contributed by atoms with Gasteiger partial charge in [0.1, 0.15) is 0 Å². The summed E-state index contributed by atoms with van der Waals surface area (Å²) in [6.45, 7) is 1.11. The number of amides is 1. The van der Waals surface area contributed by atoms with Gasteiger partial charge in [0, 0.05) is 20.1 Å². The van der Waals surface area contributed by atoms with Crippen molar-refractivity contribution in [1.29, 1.82) is 0 Å². The summed E-state index contributed by atoms with van der Waals surface area (Å²) >= 11 is 0. The molecule has 13 heavy (non-hydrogen) atoms. The summed E-state index contributed by atoms with van der Waals surface area (Å²) in [6, 6.07) is 0. The summed E-state index contributed by atoms with van der Waals surface area (Å²) in [5, 5.41) is 9.06. The van der Waals surface area contributed by atoms with Crippen LogP contribution in [0.25, 0.3) is 0 Å². The Labute approximate surface area is 76.9 Å². The molecular formula is C8H14N2O3. The molecular weight excluding hydrogens is 172 g/mol. The summed E-state index contributed by atoms with van der Waals surface area (Å²) < 4.78 is 0. The van der Waals surface area contributed by atoms with Gasteiger partial charge in [-0.05, 0) is 13.5 Å². The Hall–Kier alpha value is -1.10. The summed E-state index contributed by atoms with van der Waals surface area (Å²) in [7, 11) is 3.36. The molecule has 5 heteroatoms. The number of hydrogen-bond donors (Lipinski definition) is 1. The minimum atomic E-state index is -1.02. The lowest BCUT2D eigenvalue weighted by molar-refractivity contribution is -0.153. The van der Waals surface area contributed by atoms with E-state index < -0.39 is 11.5 Å². The predicted molar refractivity (Wildman–Crippen MR) is 46.3 cm³/mol. The highest BCUT2D eigenvalue weighted by Crippen LogP contribution is 2.25. The molecule has 5 nitrogen and oxygen atoms in total. The average molecular weight is 186 g/mol. The van der Waals surface area contributed by atoms with Crippen LogP contribution in [0.4, 0.5) is 0 Å². The van der Waals surface area contributed by atoms with Gasteiger partial charge in [-0.1, -0.05) is 0 Å². The number of carboxylic acid groups (broad SMARTS) is 1. The van der Waals surface area contributed by atoms with E-state index in [1.165, 1.54) is 11.9 Å². The Bertz CT molecular complexity index is 231. The number of carbonyl (C=O) groups excluding carboxylic acids is 1. The van der Waals surface area contributed by atoms with Crippen molar-refractivity contribution in [3.05, 3.63) is 0 Å². The van der Waals surface area contributed by atoms with Gasteiger partial charge in [-0.2, -0.15) is 0 Å². The molecule has 0 saturated carbocycles. The van der Waals surface area contributed by atoms with Gasteiger partial charge in [0.25, 0.3) is 0 Å². The van der Waals surface area contributed by atoms with Gasteiger partial charge in [0.2, 0.25) is 6.41 Å². The molecule has 1 rings (SSSR count). The predicted octanol–water partition coefficient (Wildman–Crippen LogP) is -0.766. The van der Waals surface area contributed by atoms with Crippen molar-refractivity contribution in [3.63, 3.8) is 0 Å². The Morgan fingerprint density at radius 2 is 2.31 bits per heavy atom. The highest BCUT2D eigenvalue weighted by atomic mass is 16.4. The van der Waals surface area contributed by atoms with E-state index in [9.17, 15) is 9.59 Å². The fourth-order valence-corrected chi connectivity index (χ4v) is 1.69. The third-order valence-corrected chi connectivity index (χ3v) is 2.67. The molecule has 1 aliphatic rings. The van der Waals surface area contributed by atoms with Gasteiger partial charge < -0.3 is 14.9 Å². The van der Waals surface area contributed by atoms with Crippen molar-refractivity contribution in [2.24, 2.45) is 0 Å². The number of carbonyl (C=O) groups is 2. The van der Waals surface area contributed by atoms with Crippen molar-refractivity contribution in [3.8, 4) is 0 Å². The Balaban J connectivity index is 2.89. The molecule has 1 atom stereocenters. The lowest BCUT2D eigenvalue weighted by Gasteiger charge is -2.31. The van der Waals surface area contributed by atoms with Gasteiger partial charge in [-0.3, -0.25) is 4.79 Å². The molecule has 1 heterocycles. The van der Waals surface area contributed by atoms with Crippen LogP contribution in [0.3, 0.4) is 0 Å². The normalized spacial score (nSPS) is 28.8. The second-order valence-electron chi connectivity index (χ2n) is 3.54. The number of likely N-dealkylation sites (N-methyl/N-ethyl adjacent to an activating group) is 2. The van der Waals surface area contributed by atoms with Crippen molar-refractivity contribution in [2.45, 2.75) is 12.0 Å². The van der Waals surface area contributed by atoms with E-state index in [2.05, 4.69) is 0 Å². The largest absolute Gasteiger partial charge is 0.479 e. The lowest BCUT2D eigenvalue weighted by Crippen LogP contribution is -2.54. The summed E-state index contributed by atoms with van der Waals surface area (Å²) in [5.41, 5.74) is -1.02. The molecule has 1 saturated heterocycles. The van der Waals surface area contributed by atoms with Crippen LogP contribution in [0.1, 0.15) is 6.42 Å². The van der Waals surface area contributed by atoms with Crippen molar-refractivity contribution in [1.82, 2.24) is 9.80 Å². The molecule has 1 amide bonds. The molecule has 0 aromatic rings. The molecule has 74 valence electrons. The third kappa shape index (κ3) is 1.51. The zero-order chi connectivity index (χ0) is 10.1. The SMILES string of the molecule is CN1CCC(C(=O)O)(N(C)C=O)C1. The molecule has 0 aromatic heterocycles. The van der Waals surface area contributed by atoms with Crippen molar-refractivity contribution in [2.75, 3.05) is 27.2 Å². The maximum atomic E-state index is 11.0. The van der Waals surface area contributed by atoms with Crippen LogP contribution < -0.4 is 0 Å². The fraction of sp³-hybridized carbons (Fsp3) is 0.750. The van der Waals surface area contributed by atoms with E-state index in [1.54, 1.807) is 0 Å². The van der Waals surface area contributed by atoms with Crippen LogP contribution in [-0.2, 0) is 9.59 Å². The van der Waals surface area contributed by atoms with Gasteiger partial charge in [0.05, 0.1) is 0 Å². The smallest absolute Gasteiger partial charge is 0.331 e. The monoisotopic (exact) mass is 186 g/mol. The topological polar surface area (TPSA) is 60.9 Å². The van der Waals surface area contributed by atoms with E-state index in [1.807, 2.05) is 11.9 Å². The van der Waals surface area contributed by atoms with Crippen LogP contribution in [0.2, 0.25) is 0 Å². The quantitative estimate of drug-likeness (QED) is 0.588.